The first-order valence-electron chi connectivity index (χ1n) is 12.2. The van der Waals surface area contributed by atoms with Crippen LogP contribution in [0.3, 0.4) is 0 Å². The zero-order chi connectivity index (χ0) is 30.3. The standard InChI is InChI=1S/C10H15NO3.C8H9NO3.C4H10S.I3.HI/c1-3-7-5-9(13)11(10(7)14)6-8(12)4-2;1-2-6(10)5-9-7(11)3-4-8(9)12;1-4(2)3-5;1-3-2;/h7H,3-6H2,1-2H3;3-4H,2,5H2,1H3;4-5H,3H2,1-2H3;;1H/q;;;-1;/i2D;1D;;;/hD. The predicted octanol–water partition coefficient (Wildman–Crippen LogP) is 1.61. The van der Waals surface area contributed by atoms with E-state index in [9.17, 15) is 28.8 Å². The molecule has 13 heteroatoms. The maximum atomic E-state index is 11.6. The maximum Gasteiger partial charge on any atom is 0.254 e. The van der Waals surface area contributed by atoms with Crippen LogP contribution in [0.2, 0.25) is 0 Å². The molecule has 0 spiro atoms. The Kier molecular flexibility index (Phi) is 22.8. The number of likely N-dealkylation sites (tertiary alicyclic amines) is 1. The molecule has 204 valence electrons. The molecule has 2 aliphatic heterocycles. The van der Waals surface area contributed by atoms with E-state index in [1.54, 1.807) is 0 Å². The molecule has 0 N–H and O–H groups in total. The molecule has 1 unspecified atom stereocenters. The number of carbonyl (C=O) groups is 6. The summed E-state index contributed by atoms with van der Waals surface area (Å²) in [5.41, 5.74) is 0. The summed E-state index contributed by atoms with van der Waals surface area (Å²) in [7, 11) is 0. The van der Waals surface area contributed by atoms with Gasteiger partial charge in [0.15, 0.2) is 11.6 Å². The van der Waals surface area contributed by atoms with Crippen molar-refractivity contribution < 1.29 is 44.8 Å². The van der Waals surface area contributed by atoms with Crippen LogP contribution in [0, 0.1) is 11.8 Å². The maximum absolute atomic E-state index is 11.6. The van der Waals surface area contributed by atoms with Gasteiger partial charge in [-0.25, -0.2) is 0 Å². The smallest absolute Gasteiger partial charge is 0.254 e. The number of hydrogen-bond donors (Lipinski definition) is 1. The van der Waals surface area contributed by atoms with Crippen molar-refractivity contribution in [3.63, 3.8) is 0 Å². The van der Waals surface area contributed by atoms with Crippen LogP contribution >= 0.6 is 73.6 Å². The van der Waals surface area contributed by atoms with Crippen LogP contribution in [0.4, 0.5) is 0 Å². The number of amides is 4. The van der Waals surface area contributed by atoms with E-state index in [4.69, 9.17) is 3.34 Å². The van der Waals surface area contributed by atoms with Crippen molar-refractivity contribution >= 4 is 109 Å². The predicted molar refractivity (Wildman–Crippen MR) is 164 cm³/mol. The van der Waals surface area contributed by atoms with Gasteiger partial charge in [0.25, 0.3) is 11.8 Å². The Labute approximate surface area is 264 Å². The van der Waals surface area contributed by atoms with Gasteiger partial charge in [-0.05, 0) is 18.1 Å². The molecule has 1 fully saturated rings. The third-order valence-electron chi connectivity index (χ3n) is 4.32. The summed E-state index contributed by atoms with van der Waals surface area (Å²) in [5.74, 6) is -0.388. The summed E-state index contributed by atoms with van der Waals surface area (Å²) in [6, 6.07) is 0. The molecule has 0 aliphatic carbocycles. The molecule has 0 radical (unpaired) electrons. The minimum absolute atomic E-state index is 0.00621. The number of halogens is 4. The third kappa shape index (κ3) is 17.7. The second kappa shape index (κ2) is 23.7. The van der Waals surface area contributed by atoms with Crippen molar-refractivity contribution in [1.29, 1.82) is 0.594 Å². The van der Waals surface area contributed by atoms with Crippen LogP contribution in [0.25, 0.3) is 0 Å². The Balaban J connectivity index is -0.000000482. The fourth-order valence-corrected chi connectivity index (χ4v) is 2.33. The number of hydrogen-bond acceptors (Lipinski definition) is 7. The number of carbonyl (C=O) groups excluding carboxylic acids is 6. The first-order chi connectivity index (χ1) is 17.9. The molecule has 0 aromatic heterocycles. The summed E-state index contributed by atoms with van der Waals surface area (Å²) >= 11 is 10.7. The van der Waals surface area contributed by atoms with Crippen molar-refractivity contribution in [2.24, 2.45) is 11.8 Å². The Morgan fingerprint density at radius 1 is 1.09 bits per heavy atom. The largest absolute Gasteiger partial charge is 0.298 e. The van der Waals surface area contributed by atoms with Crippen LogP contribution in [0.15, 0.2) is 12.2 Å². The molecular weight excluding hydrogens is 928 g/mol. The van der Waals surface area contributed by atoms with Crippen molar-refractivity contribution in [2.45, 2.75) is 60.3 Å². The Morgan fingerprint density at radius 3 is 1.80 bits per heavy atom. The van der Waals surface area contributed by atoms with Crippen LogP contribution in [-0.4, -0.2) is 64.4 Å². The first-order valence-corrected chi connectivity index (χ1v) is 23.6. The van der Waals surface area contributed by atoms with Crippen molar-refractivity contribution in [1.82, 2.24) is 9.80 Å². The SMILES string of the molecule is CC(C)CS.I[I-]I.[2H]CCC(=O)CN1C(=O)C=CC1=O.[2H]CCC(=O)CN1C(=O)CC(CC)C1=O.[2H]I. The molecule has 35 heavy (non-hydrogen) atoms. The van der Waals surface area contributed by atoms with Crippen LogP contribution in [-0.2, 0) is 28.8 Å². The average Bonchev–Trinajstić information content (AvgIpc) is 3.34. The van der Waals surface area contributed by atoms with Crippen LogP contribution in [0.1, 0.15) is 63.0 Å². The molecule has 0 aromatic carbocycles. The summed E-state index contributed by atoms with van der Waals surface area (Å²) in [6.45, 7) is 5.79. The van der Waals surface area contributed by atoms with Gasteiger partial charge in [-0.2, -0.15) is 12.6 Å². The Bertz CT molecular complexity index is 776. The number of ketones is 2. The van der Waals surface area contributed by atoms with E-state index in [0.29, 0.717) is 19.7 Å². The van der Waals surface area contributed by atoms with E-state index < -0.39 is 11.8 Å². The first kappa shape index (κ1) is 33.7. The zero-order valence-corrected chi connectivity index (χ0v) is 29.5. The van der Waals surface area contributed by atoms with Gasteiger partial charge in [-0.15, -0.1) is 23.8 Å². The van der Waals surface area contributed by atoms with Gasteiger partial charge in [-0.1, -0.05) is 34.6 Å². The van der Waals surface area contributed by atoms with Crippen molar-refractivity contribution in [2.75, 3.05) is 18.8 Å². The van der Waals surface area contributed by atoms with Gasteiger partial charge in [-0.3, -0.25) is 38.6 Å². The van der Waals surface area contributed by atoms with E-state index >= 15 is 0 Å². The normalized spacial score (nSPS) is 17.1. The van der Waals surface area contributed by atoms with Gasteiger partial charge in [0.1, 0.15) is 0.594 Å². The number of nitrogens with zero attached hydrogens (tertiary/aromatic N) is 2. The summed E-state index contributed by atoms with van der Waals surface area (Å²) < 4.78 is 19.4. The van der Waals surface area contributed by atoms with Gasteiger partial charge < -0.3 is 0 Å². The number of thiol groups is 1. The number of Topliss-reactive ketones (excluding diaryl/α,β-unsaturated/α-hetero) is 2. The minimum atomic E-state index is -0.455. The van der Waals surface area contributed by atoms with Gasteiger partial charge in [0.05, 0.1) is 13.1 Å². The quantitative estimate of drug-likeness (QED) is 0.225. The molecule has 0 bridgehead atoms. The van der Waals surface area contributed by atoms with E-state index in [0.717, 1.165) is 33.6 Å². The fraction of sp³-hybridized carbons (Fsp3) is 0.636. The molecule has 2 aliphatic rings. The molecule has 8 nitrogen and oxygen atoms in total. The summed E-state index contributed by atoms with van der Waals surface area (Å²) in [4.78, 5) is 69.0. The third-order valence-corrected chi connectivity index (χ3v) is 5.05. The van der Waals surface area contributed by atoms with Crippen LogP contribution < -0.4 is 13.3 Å². The Hall–Kier alpha value is 0.630. The Morgan fingerprint density at radius 2 is 1.49 bits per heavy atom. The second-order valence-corrected chi connectivity index (χ2v) is 24.0. The topological polar surface area (TPSA) is 109 Å². The average molecular weight is 966 g/mol. The molecule has 4 amide bonds. The van der Waals surface area contributed by atoms with Crippen molar-refractivity contribution in [3.05, 3.63) is 12.2 Å². The molecular formula is C22H35I4N2O6S-. The summed E-state index contributed by atoms with van der Waals surface area (Å²) in [6.07, 6.45) is 3.31. The molecule has 0 aromatic rings. The van der Waals surface area contributed by atoms with E-state index in [2.05, 4.69) is 63.7 Å². The number of rotatable bonds is 8. The second-order valence-electron chi connectivity index (χ2n) is 7.43. The monoisotopic (exact) mass is 966 g/mol. The van der Waals surface area contributed by atoms with E-state index in [1.165, 1.54) is 23.8 Å². The molecule has 1 saturated heterocycles. The number of imide groups is 2. The molecule has 2 heterocycles. The summed E-state index contributed by atoms with van der Waals surface area (Å²) in [5, 5.41) is 0. The van der Waals surface area contributed by atoms with E-state index in [1.807, 2.05) is 6.92 Å². The molecule has 2 rings (SSSR count). The van der Waals surface area contributed by atoms with Crippen molar-refractivity contribution in [3.8, 4) is 0 Å². The van der Waals surface area contributed by atoms with Crippen LogP contribution in [0.5, 0.6) is 0 Å². The zero-order valence-electron chi connectivity index (χ0n) is 23.0. The van der Waals surface area contributed by atoms with Gasteiger partial charge >= 0.3 is 50.5 Å². The van der Waals surface area contributed by atoms with E-state index in [-0.39, 0.29) is 75.5 Å². The molecule has 0 saturated carbocycles. The van der Waals surface area contributed by atoms with Gasteiger partial charge in [0, 0.05) is 40.1 Å². The fourth-order valence-electron chi connectivity index (χ4n) is 2.33. The minimum Gasteiger partial charge on any atom is -0.298 e. The van der Waals surface area contributed by atoms with Gasteiger partial charge in [0.2, 0.25) is 11.8 Å². The molecule has 1 atom stereocenters.